The summed E-state index contributed by atoms with van der Waals surface area (Å²) >= 11 is 0. The molecule has 2 N–H and O–H groups in total. The Balaban J connectivity index is 1.68. The summed E-state index contributed by atoms with van der Waals surface area (Å²) in [4.78, 5) is 20.5. The molecule has 0 radical (unpaired) electrons. The quantitative estimate of drug-likeness (QED) is 0.667. The minimum atomic E-state index is -0.345. The van der Waals surface area contributed by atoms with E-state index in [0.29, 0.717) is 18.2 Å². The van der Waals surface area contributed by atoms with Crippen LogP contribution < -0.4 is 15.4 Å². The molecular weight excluding hydrogens is 347 g/mol. The second kappa shape index (κ2) is 8.75. The van der Waals surface area contributed by atoms with Crippen molar-refractivity contribution in [1.29, 1.82) is 0 Å². The van der Waals surface area contributed by atoms with Crippen LogP contribution in [0.4, 0.5) is 15.9 Å². The monoisotopic (exact) mass is 366 g/mol. The summed E-state index contributed by atoms with van der Waals surface area (Å²) in [5.41, 5.74) is 1.77. The van der Waals surface area contributed by atoms with Gasteiger partial charge >= 0.3 is 0 Å². The molecule has 6 nitrogen and oxygen atoms in total. The van der Waals surface area contributed by atoms with Crippen LogP contribution in [0.15, 0.2) is 60.9 Å². The average molecular weight is 366 g/mol. The van der Waals surface area contributed by atoms with Crippen LogP contribution in [-0.2, 0) is 6.54 Å². The van der Waals surface area contributed by atoms with Gasteiger partial charge in [0.05, 0.1) is 12.3 Å². The van der Waals surface area contributed by atoms with Gasteiger partial charge in [-0.3, -0.25) is 4.79 Å². The van der Waals surface area contributed by atoms with Crippen LogP contribution in [0.5, 0.6) is 5.75 Å². The summed E-state index contributed by atoms with van der Waals surface area (Å²) < 4.78 is 18.5. The molecule has 2 aromatic carbocycles. The first-order valence-corrected chi connectivity index (χ1v) is 8.49. The molecule has 0 spiro atoms. The van der Waals surface area contributed by atoms with Crippen LogP contribution in [0.2, 0.25) is 0 Å². The molecule has 0 fully saturated rings. The maximum Gasteiger partial charge on any atom is 0.270 e. The van der Waals surface area contributed by atoms with Crippen molar-refractivity contribution in [1.82, 2.24) is 15.3 Å². The van der Waals surface area contributed by atoms with Crippen molar-refractivity contribution in [2.45, 2.75) is 13.5 Å². The van der Waals surface area contributed by atoms with Gasteiger partial charge in [0.1, 0.15) is 29.4 Å². The second-order valence-electron chi connectivity index (χ2n) is 5.65. The highest BCUT2D eigenvalue weighted by atomic mass is 19.1. The van der Waals surface area contributed by atoms with Crippen molar-refractivity contribution in [3.8, 4) is 5.75 Å². The van der Waals surface area contributed by atoms with Gasteiger partial charge in [-0.2, -0.15) is 0 Å². The van der Waals surface area contributed by atoms with Crippen molar-refractivity contribution in [3.05, 3.63) is 78.0 Å². The molecule has 27 heavy (non-hydrogen) atoms. The van der Waals surface area contributed by atoms with E-state index in [-0.39, 0.29) is 24.0 Å². The van der Waals surface area contributed by atoms with Gasteiger partial charge < -0.3 is 15.4 Å². The largest absolute Gasteiger partial charge is 0.492 e. The molecule has 1 amide bonds. The lowest BCUT2D eigenvalue weighted by molar-refractivity contribution is 0.0946. The van der Waals surface area contributed by atoms with Gasteiger partial charge in [-0.05, 0) is 36.8 Å². The number of amides is 1. The Morgan fingerprint density at radius 1 is 1.11 bits per heavy atom. The number of carbonyl (C=O) groups is 1. The molecular formula is C20H19FN4O2. The Morgan fingerprint density at radius 2 is 1.89 bits per heavy atom. The minimum absolute atomic E-state index is 0.225. The number of halogens is 1. The Labute approximate surface area is 156 Å². The first-order valence-electron chi connectivity index (χ1n) is 8.49. The number of aromatic nitrogens is 2. The maximum absolute atomic E-state index is 12.9. The highest BCUT2D eigenvalue weighted by molar-refractivity contribution is 5.93. The van der Waals surface area contributed by atoms with Crippen LogP contribution in [0.3, 0.4) is 0 Å². The zero-order valence-electron chi connectivity index (χ0n) is 14.8. The number of hydrogen-bond acceptors (Lipinski definition) is 5. The third kappa shape index (κ3) is 5.01. The smallest absolute Gasteiger partial charge is 0.270 e. The molecule has 1 heterocycles. The fourth-order valence-electron chi connectivity index (χ4n) is 2.41. The zero-order chi connectivity index (χ0) is 19.1. The lowest BCUT2D eigenvalue weighted by Crippen LogP contribution is -2.24. The number of para-hydroxylation sites is 2. The molecule has 0 saturated carbocycles. The zero-order valence-corrected chi connectivity index (χ0v) is 14.8. The van der Waals surface area contributed by atoms with Crippen molar-refractivity contribution >= 4 is 17.4 Å². The highest BCUT2D eigenvalue weighted by Crippen LogP contribution is 2.26. The predicted octanol–water partition coefficient (Wildman–Crippen LogP) is 3.69. The molecule has 7 heteroatoms. The van der Waals surface area contributed by atoms with Gasteiger partial charge in [-0.25, -0.2) is 14.4 Å². The van der Waals surface area contributed by atoms with E-state index < -0.39 is 0 Å². The highest BCUT2D eigenvalue weighted by Gasteiger charge is 2.10. The fraction of sp³-hybridized carbons (Fsp3) is 0.150. The van der Waals surface area contributed by atoms with Crippen LogP contribution in [0, 0.1) is 5.82 Å². The third-order valence-electron chi connectivity index (χ3n) is 3.72. The summed E-state index contributed by atoms with van der Waals surface area (Å²) in [5, 5.41) is 5.89. The summed E-state index contributed by atoms with van der Waals surface area (Å²) in [7, 11) is 0. The number of ether oxygens (including phenoxy) is 1. The van der Waals surface area contributed by atoms with Gasteiger partial charge in [-0.15, -0.1) is 0 Å². The van der Waals surface area contributed by atoms with E-state index in [0.717, 1.165) is 11.3 Å². The van der Waals surface area contributed by atoms with Gasteiger partial charge in [0.25, 0.3) is 5.91 Å². The SMILES string of the molecule is CCOc1ccccc1Nc1cc(C(=O)NCc2ccc(F)cc2)ncn1. The number of rotatable bonds is 7. The van der Waals surface area contributed by atoms with Crippen molar-refractivity contribution in [3.63, 3.8) is 0 Å². The van der Waals surface area contributed by atoms with Gasteiger partial charge in [0, 0.05) is 12.6 Å². The number of hydrogen-bond donors (Lipinski definition) is 2. The van der Waals surface area contributed by atoms with Gasteiger partial charge in [0.15, 0.2) is 0 Å². The molecule has 3 aromatic rings. The lowest BCUT2D eigenvalue weighted by Gasteiger charge is -2.12. The molecule has 0 aliphatic heterocycles. The molecule has 1 aromatic heterocycles. The summed E-state index contributed by atoms with van der Waals surface area (Å²) in [6, 6.07) is 15.0. The Bertz CT molecular complexity index is 916. The van der Waals surface area contributed by atoms with E-state index >= 15 is 0 Å². The Morgan fingerprint density at radius 3 is 2.67 bits per heavy atom. The summed E-state index contributed by atoms with van der Waals surface area (Å²) in [6.45, 7) is 2.73. The number of nitrogens with zero attached hydrogens (tertiary/aromatic N) is 2. The van der Waals surface area contributed by atoms with Gasteiger partial charge in [0.2, 0.25) is 0 Å². The average Bonchev–Trinajstić information content (AvgIpc) is 2.69. The van der Waals surface area contributed by atoms with E-state index in [1.165, 1.54) is 18.5 Å². The van der Waals surface area contributed by atoms with Crippen LogP contribution in [-0.4, -0.2) is 22.5 Å². The van der Waals surface area contributed by atoms with Crippen molar-refractivity contribution in [2.75, 3.05) is 11.9 Å². The molecule has 3 rings (SSSR count). The van der Waals surface area contributed by atoms with Crippen LogP contribution in [0.1, 0.15) is 23.0 Å². The molecule has 138 valence electrons. The van der Waals surface area contributed by atoms with Crippen LogP contribution in [0.25, 0.3) is 0 Å². The van der Waals surface area contributed by atoms with E-state index in [1.54, 1.807) is 18.2 Å². The number of benzene rings is 2. The molecule has 0 saturated heterocycles. The molecule has 0 atom stereocenters. The number of carbonyl (C=O) groups excluding carboxylic acids is 1. The Kier molecular flexibility index (Phi) is 5.94. The standard InChI is InChI=1S/C20H19FN4O2/c1-2-27-18-6-4-3-5-16(18)25-19-11-17(23-13-24-19)20(26)22-12-14-7-9-15(21)10-8-14/h3-11,13H,2,12H2,1H3,(H,22,26)(H,23,24,25). The topological polar surface area (TPSA) is 76.1 Å². The Hall–Kier alpha value is -3.48. The van der Waals surface area contributed by atoms with E-state index in [9.17, 15) is 9.18 Å². The first kappa shape index (κ1) is 18.3. The summed E-state index contributed by atoms with van der Waals surface area (Å²) in [5.74, 6) is 0.511. The predicted molar refractivity (Wildman–Crippen MR) is 100 cm³/mol. The molecule has 0 unspecified atom stereocenters. The maximum atomic E-state index is 12.9. The van der Waals surface area contributed by atoms with E-state index in [4.69, 9.17) is 4.74 Å². The van der Waals surface area contributed by atoms with Gasteiger partial charge in [-0.1, -0.05) is 24.3 Å². The lowest BCUT2D eigenvalue weighted by atomic mass is 10.2. The van der Waals surface area contributed by atoms with Crippen LogP contribution >= 0.6 is 0 Å². The minimum Gasteiger partial charge on any atom is -0.492 e. The normalized spacial score (nSPS) is 10.3. The molecule has 0 bridgehead atoms. The van der Waals surface area contributed by atoms with Crippen molar-refractivity contribution in [2.24, 2.45) is 0 Å². The molecule has 0 aliphatic carbocycles. The van der Waals surface area contributed by atoms with E-state index in [2.05, 4.69) is 20.6 Å². The number of nitrogens with one attached hydrogen (secondary N) is 2. The fourth-order valence-corrected chi connectivity index (χ4v) is 2.41. The second-order valence-corrected chi connectivity index (χ2v) is 5.65. The number of anilines is 2. The van der Waals surface area contributed by atoms with Crippen molar-refractivity contribution < 1.29 is 13.9 Å². The first-order chi connectivity index (χ1) is 13.2. The van der Waals surface area contributed by atoms with E-state index in [1.807, 2.05) is 31.2 Å². The summed E-state index contributed by atoms with van der Waals surface area (Å²) in [6.07, 6.45) is 1.32. The third-order valence-corrected chi connectivity index (χ3v) is 3.72. The molecule has 0 aliphatic rings.